The van der Waals surface area contributed by atoms with Gasteiger partial charge in [0.2, 0.25) is 5.16 Å². The molecule has 4 aromatic rings. The minimum absolute atomic E-state index is 0.349. The molecule has 0 aliphatic carbocycles. The molecule has 0 amide bonds. The van der Waals surface area contributed by atoms with Crippen molar-refractivity contribution in [3.8, 4) is 5.69 Å². The maximum atomic E-state index is 11.9. The van der Waals surface area contributed by atoms with Crippen molar-refractivity contribution in [2.24, 2.45) is 0 Å². The Morgan fingerprint density at radius 1 is 1.11 bits per heavy atom. The van der Waals surface area contributed by atoms with Crippen molar-refractivity contribution in [1.82, 2.24) is 20.2 Å². The summed E-state index contributed by atoms with van der Waals surface area (Å²) in [6, 6.07) is 15.6. The normalized spacial score (nSPS) is 11.4. The van der Waals surface area contributed by atoms with Gasteiger partial charge in [-0.25, -0.2) is 4.79 Å². The Bertz CT molecular complexity index is 1180. The molecule has 6 nitrogen and oxygen atoms in total. The summed E-state index contributed by atoms with van der Waals surface area (Å²) in [5.74, 6) is 1.04. The largest absolute Gasteiger partial charge is 0.423 e. The van der Waals surface area contributed by atoms with Crippen LogP contribution in [0.5, 0.6) is 0 Å². The molecule has 28 heavy (non-hydrogen) atoms. The van der Waals surface area contributed by atoms with Gasteiger partial charge in [0.25, 0.3) is 0 Å². The van der Waals surface area contributed by atoms with Crippen molar-refractivity contribution in [2.45, 2.75) is 37.6 Å². The van der Waals surface area contributed by atoms with E-state index in [1.807, 2.05) is 37.3 Å². The minimum Gasteiger partial charge on any atom is -0.423 e. The van der Waals surface area contributed by atoms with Crippen LogP contribution >= 0.6 is 11.8 Å². The predicted molar refractivity (Wildman–Crippen MR) is 110 cm³/mol. The first kappa shape index (κ1) is 18.4. The number of rotatable bonds is 5. The first-order valence-corrected chi connectivity index (χ1v) is 10.0. The molecular formula is C21H20N4O2S. The summed E-state index contributed by atoms with van der Waals surface area (Å²) in [4.78, 5) is 11.9. The second-order valence-corrected chi connectivity index (χ2v) is 7.94. The average Bonchev–Trinajstić information content (AvgIpc) is 3.14. The van der Waals surface area contributed by atoms with E-state index >= 15 is 0 Å². The van der Waals surface area contributed by atoms with E-state index in [9.17, 15) is 4.79 Å². The van der Waals surface area contributed by atoms with Crippen molar-refractivity contribution >= 4 is 22.7 Å². The Balaban J connectivity index is 1.61. The first-order valence-electron chi connectivity index (χ1n) is 9.06. The molecule has 0 N–H and O–H groups in total. The van der Waals surface area contributed by atoms with Gasteiger partial charge in [-0.2, -0.15) is 4.68 Å². The summed E-state index contributed by atoms with van der Waals surface area (Å²) in [7, 11) is 0. The van der Waals surface area contributed by atoms with E-state index in [-0.39, 0.29) is 5.63 Å². The minimum atomic E-state index is -0.349. The molecule has 0 radical (unpaired) electrons. The number of aromatic nitrogens is 4. The highest BCUT2D eigenvalue weighted by molar-refractivity contribution is 7.98. The van der Waals surface area contributed by atoms with Crippen molar-refractivity contribution in [2.75, 3.05) is 0 Å². The van der Waals surface area contributed by atoms with Crippen molar-refractivity contribution in [1.29, 1.82) is 0 Å². The monoisotopic (exact) mass is 392 g/mol. The number of nitrogens with zero attached hydrogens (tertiary/aromatic N) is 4. The molecule has 2 heterocycles. The van der Waals surface area contributed by atoms with E-state index < -0.39 is 0 Å². The van der Waals surface area contributed by atoms with Gasteiger partial charge in [0.15, 0.2) is 0 Å². The van der Waals surface area contributed by atoms with E-state index in [2.05, 4.69) is 41.5 Å². The van der Waals surface area contributed by atoms with Gasteiger partial charge >= 0.3 is 5.63 Å². The summed E-state index contributed by atoms with van der Waals surface area (Å²) in [6.45, 7) is 6.30. The van der Waals surface area contributed by atoms with Crippen LogP contribution in [-0.4, -0.2) is 20.2 Å². The molecule has 142 valence electrons. The molecule has 0 aliphatic heterocycles. The van der Waals surface area contributed by atoms with E-state index in [0.29, 0.717) is 22.4 Å². The smallest absolute Gasteiger partial charge is 0.336 e. The van der Waals surface area contributed by atoms with Gasteiger partial charge in [0.1, 0.15) is 5.58 Å². The maximum absolute atomic E-state index is 11.9. The van der Waals surface area contributed by atoms with Gasteiger partial charge in [-0.3, -0.25) is 0 Å². The predicted octanol–water partition coefficient (Wildman–Crippen LogP) is 4.49. The third-order valence-electron chi connectivity index (χ3n) is 4.59. The van der Waals surface area contributed by atoms with Gasteiger partial charge in [0.05, 0.1) is 5.69 Å². The van der Waals surface area contributed by atoms with Crippen LogP contribution in [0.15, 0.2) is 62.9 Å². The highest BCUT2D eigenvalue weighted by Gasteiger charge is 2.12. The maximum Gasteiger partial charge on any atom is 0.336 e. The van der Waals surface area contributed by atoms with Gasteiger partial charge in [-0.05, 0) is 58.2 Å². The average molecular weight is 392 g/mol. The van der Waals surface area contributed by atoms with Crippen LogP contribution in [0.1, 0.15) is 36.5 Å². The van der Waals surface area contributed by atoms with Gasteiger partial charge in [-0.1, -0.05) is 49.9 Å². The summed E-state index contributed by atoms with van der Waals surface area (Å²) >= 11 is 1.49. The zero-order valence-corrected chi connectivity index (χ0v) is 16.7. The van der Waals surface area contributed by atoms with Crippen LogP contribution in [0.4, 0.5) is 0 Å². The number of thioether (sulfide) groups is 1. The first-order chi connectivity index (χ1) is 13.5. The van der Waals surface area contributed by atoms with E-state index in [1.165, 1.54) is 23.4 Å². The Labute approximate surface area is 166 Å². The number of hydrogen-bond acceptors (Lipinski definition) is 6. The number of hydrogen-bond donors (Lipinski definition) is 0. The number of aryl methyl sites for hydroxylation is 1. The van der Waals surface area contributed by atoms with Crippen LogP contribution < -0.4 is 5.63 Å². The molecule has 0 atom stereocenters. The Hall–Kier alpha value is -2.93. The number of fused-ring (bicyclic) bond motifs is 1. The van der Waals surface area contributed by atoms with Crippen LogP contribution in [-0.2, 0) is 5.75 Å². The summed E-state index contributed by atoms with van der Waals surface area (Å²) in [5.41, 5.74) is 4.38. The second-order valence-electron chi connectivity index (χ2n) is 7.00. The summed E-state index contributed by atoms with van der Waals surface area (Å²) < 4.78 is 7.05. The molecule has 0 bridgehead atoms. The van der Waals surface area contributed by atoms with E-state index in [4.69, 9.17) is 4.42 Å². The lowest BCUT2D eigenvalue weighted by atomic mass is 10.0. The topological polar surface area (TPSA) is 73.8 Å². The SMILES string of the molecule is Cc1ccc2c(CSc3nnnn3-c3ccc(C(C)C)cc3)cc(=O)oc2c1. The molecule has 7 heteroatoms. The summed E-state index contributed by atoms with van der Waals surface area (Å²) in [6.07, 6.45) is 0. The number of tetrazole rings is 1. The van der Waals surface area contributed by atoms with Gasteiger partial charge < -0.3 is 4.42 Å². The second kappa shape index (κ2) is 7.59. The standard InChI is InChI=1S/C21H20N4O2S/c1-13(2)15-5-7-17(8-6-15)25-21(22-23-24-25)28-12-16-11-20(26)27-19-10-14(3)4-9-18(16)19/h4-11,13H,12H2,1-3H3. The van der Waals surface area contributed by atoms with E-state index in [0.717, 1.165) is 22.2 Å². The third-order valence-corrected chi connectivity index (χ3v) is 5.56. The lowest BCUT2D eigenvalue weighted by Gasteiger charge is -2.08. The van der Waals surface area contributed by atoms with E-state index in [1.54, 1.807) is 4.68 Å². The molecule has 0 fully saturated rings. The van der Waals surface area contributed by atoms with Crippen LogP contribution in [0.3, 0.4) is 0 Å². The fourth-order valence-electron chi connectivity index (χ4n) is 3.03. The van der Waals surface area contributed by atoms with Crippen LogP contribution in [0, 0.1) is 6.92 Å². The van der Waals surface area contributed by atoms with Crippen molar-refractivity contribution in [3.05, 3.63) is 75.6 Å². The zero-order chi connectivity index (χ0) is 19.7. The molecule has 2 aromatic carbocycles. The van der Waals surface area contributed by atoms with Crippen LogP contribution in [0.25, 0.3) is 16.7 Å². The van der Waals surface area contributed by atoms with Crippen molar-refractivity contribution in [3.63, 3.8) is 0 Å². The molecular weight excluding hydrogens is 372 g/mol. The molecule has 4 rings (SSSR count). The number of benzene rings is 2. The molecule has 0 aliphatic rings. The van der Waals surface area contributed by atoms with Crippen molar-refractivity contribution < 1.29 is 4.42 Å². The summed E-state index contributed by atoms with van der Waals surface area (Å²) in [5, 5.41) is 13.7. The van der Waals surface area contributed by atoms with Gasteiger partial charge in [0, 0.05) is 17.2 Å². The third kappa shape index (κ3) is 3.71. The zero-order valence-electron chi connectivity index (χ0n) is 15.9. The quantitative estimate of drug-likeness (QED) is 0.368. The Morgan fingerprint density at radius 3 is 2.64 bits per heavy atom. The Morgan fingerprint density at radius 2 is 1.89 bits per heavy atom. The van der Waals surface area contributed by atoms with Crippen LogP contribution in [0.2, 0.25) is 0 Å². The Kier molecular flexibility index (Phi) is 5.00. The molecule has 0 spiro atoms. The van der Waals surface area contributed by atoms with Gasteiger partial charge in [-0.15, -0.1) is 5.10 Å². The molecule has 2 aromatic heterocycles. The lowest BCUT2D eigenvalue weighted by Crippen LogP contribution is -2.02. The molecule has 0 saturated heterocycles. The fraction of sp³-hybridized carbons (Fsp3) is 0.238. The fourth-order valence-corrected chi connectivity index (χ4v) is 3.91. The lowest BCUT2D eigenvalue weighted by molar-refractivity contribution is 0.559. The molecule has 0 saturated carbocycles. The highest BCUT2D eigenvalue weighted by Crippen LogP contribution is 2.27. The molecule has 0 unspecified atom stereocenters. The highest BCUT2D eigenvalue weighted by atomic mass is 32.2.